The maximum Gasteiger partial charge on any atom is 0.229 e. The van der Waals surface area contributed by atoms with Gasteiger partial charge in [-0.1, -0.05) is 0 Å². The monoisotopic (exact) mass is 467 g/mol. The second-order valence-corrected chi connectivity index (χ2v) is 8.36. The predicted molar refractivity (Wildman–Crippen MR) is 132 cm³/mol. The van der Waals surface area contributed by atoms with Crippen LogP contribution in [-0.2, 0) is 6.54 Å². The second-order valence-electron chi connectivity index (χ2n) is 8.36. The average molecular weight is 468 g/mol. The highest BCUT2D eigenvalue weighted by Gasteiger charge is 2.19. The van der Waals surface area contributed by atoms with E-state index in [-0.39, 0.29) is 0 Å². The number of hydrogen-bond acceptors (Lipinski definition) is 9. The normalized spacial score (nSPS) is 14.0. The van der Waals surface area contributed by atoms with Crippen LogP contribution in [0.3, 0.4) is 0 Å². The Bertz CT molecular complexity index is 1100. The minimum Gasteiger partial charge on any atom is -0.493 e. The van der Waals surface area contributed by atoms with Gasteiger partial charge >= 0.3 is 0 Å². The molecule has 10 nitrogen and oxygen atoms in total. The third kappa shape index (κ3) is 5.17. The first-order chi connectivity index (χ1) is 16.5. The summed E-state index contributed by atoms with van der Waals surface area (Å²) in [5.74, 6) is 4.33. The summed E-state index contributed by atoms with van der Waals surface area (Å²) in [6.07, 6.45) is 4.03. The zero-order chi connectivity index (χ0) is 24.1. The number of ether oxygens (including phenoxy) is 3. The highest BCUT2D eigenvalue weighted by atomic mass is 16.5. The van der Waals surface area contributed by atoms with Gasteiger partial charge in [-0.15, -0.1) is 0 Å². The largest absolute Gasteiger partial charge is 0.493 e. The van der Waals surface area contributed by atoms with Crippen LogP contribution in [0.25, 0.3) is 0 Å². The van der Waals surface area contributed by atoms with Crippen LogP contribution in [0.2, 0.25) is 0 Å². The fraction of sp³-hybridized carbons (Fsp3) is 0.458. The summed E-state index contributed by atoms with van der Waals surface area (Å²) in [6.45, 7) is 7.14. The Balaban J connectivity index is 1.55. The standard InChI is InChI=1S/C24H33N7O3/c1-15-16(2)30-31(14-17-6-9-25-10-7-17)23(15)28-21-8-11-26-24(29-21)27-18-12-19(32-3)22(34-5)20(13-18)33-4/h8,11-13,17,25H,6-7,9-10,14H2,1-5H3,(H2,26,27,28,29). The molecule has 0 aliphatic carbocycles. The van der Waals surface area contributed by atoms with Crippen molar-refractivity contribution < 1.29 is 14.2 Å². The SMILES string of the molecule is COc1cc(Nc2nccc(Nc3c(C)c(C)nn3CC3CCNCC3)n2)cc(OC)c1OC. The van der Waals surface area contributed by atoms with Crippen molar-refractivity contribution in [2.75, 3.05) is 45.1 Å². The van der Waals surface area contributed by atoms with Crippen LogP contribution < -0.4 is 30.2 Å². The summed E-state index contributed by atoms with van der Waals surface area (Å²) < 4.78 is 18.4. The lowest BCUT2D eigenvalue weighted by atomic mass is 9.98. The van der Waals surface area contributed by atoms with Gasteiger partial charge in [0.05, 0.1) is 27.0 Å². The Kier molecular flexibility index (Phi) is 7.36. The van der Waals surface area contributed by atoms with Crippen LogP contribution in [0.4, 0.5) is 23.3 Å². The van der Waals surface area contributed by atoms with Gasteiger partial charge in [-0.3, -0.25) is 0 Å². The third-order valence-corrected chi connectivity index (χ3v) is 6.14. The molecule has 1 aliphatic rings. The summed E-state index contributed by atoms with van der Waals surface area (Å²) in [5.41, 5.74) is 2.85. The maximum atomic E-state index is 5.44. The molecule has 34 heavy (non-hydrogen) atoms. The number of methoxy groups -OCH3 is 3. The van der Waals surface area contributed by atoms with E-state index in [1.807, 2.05) is 25.1 Å². The van der Waals surface area contributed by atoms with E-state index >= 15 is 0 Å². The first-order valence-electron chi connectivity index (χ1n) is 11.4. The molecule has 0 spiro atoms. The molecule has 4 rings (SSSR count). The van der Waals surface area contributed by atoms with Gasteiger partial charge in [0.2, 0.25) is 11.7 Å². The molecule has 3 N–H and O–H groups in total. The molecular weight excluding hydrogens is 434 g/mol. The molecule has 1 aromatic carbocycles. The van der Waals surface area contributed by atoms with Gasteiger partial charge in [-0.05, 0) is 51.8 Å². The van der Waals surface area contributed by atoms with Crippen LogP contribution in [0.5, 0.6) is 17.2 Å². The number of piperidine rings is 1. The zero-order valence-electron chi connectivity index (χ0n) is 20.4. The molecule has 182 valence electrons. The van der Waals surface area contributed by atoms with Crippen molar-refractivity contribution in [3.8, 4) is 17.2 Å². The van der Waals surface area contributed by atoms with Crippen molar-refractivity contribution in [3.63, 3.8) is 0 Å². The highest BCUT2D eigenvalue weighted by molar-refractivity contribution is 5.66. The first-order valence-corrected chi connectivity index (χ1v) is 11.4. The van der Waals surface area contributed by atoms with Crippen molar-refractivity contribution >= 4 is 23.3 Å². The fourth-order valence-electron chi connectivity index (χ4n) is 4.16. The lowest BCUT2D eigenvalue weighted by molar-refractivity contribution is 0.322. The summed E-state index contributed by atoms with van der Waals surface area (Å²) in [4.78, 5) is 9.03. The summed E-state index contributed by atoms with van der Waals surface area (Å²) in [5, 5.41) is 14.9. The van der Waals surface area contributed by atoms with Gasteiger partial charge in [-0.2, -0.15) is 10.1 Å². The fourth-order valence-corrected chi connectivity index (χ4v) is 4.16. The Morgan fingerprint density at radius 2 is 1.74 bits per heavy atom. The van der Waals surface area contributed by atoms with E-state index in [2.05, 4.69) is 37.5 Å². The molecule has 0 unspecified atom stereocenters. The number of nitrogens with zero attached hydrogens (tertiary/aromatic N) is 4. The Labute approximate surface area is 200 Å². The van der Waals surface area contributed by atoms with Gasteiger partial charge < -0.3 is 30.2 Å². The average Bonchev–Trinajstić information content (AvgIpc) is 3.11. The quantitative estimate of drug-likeness (QED) is 0.433. The van der Waals surface area contributed by atoms with Crippen molar-refractivity contribution in [3.05, 3.63) is 35.7 Å². The van der Waals surface area contributed by atoms with Crippen LogP contribution in [0.15, 0.2) is 24.4 Å². The first kappa shape index (κ1) is 23.6. The molecule has 0 amide bonds. The number of aryl methyl sites for hydroxylation is 1. The minimum atomic E-state index is 0.443. The number of hydrogen-bond donors (Lipinski definition) is 3. The van der Waals surface area contributed by atoms with Gasteiger partial charge in [0, 0.05) is 36.1 Å². The lowest BCUT2D eigenvalue weighted by Gasteiger charge is -2.23. The summed E-state index contributed by atoms with van der Waals surface area (Å²) in [7, 11) is 4.74. The third-order valence-electron chi connectivity index (χ3n) is 6.14. The number of rotatable bonds is 9. The highest BCUT2D eigenvalue weighted by Crippen LogP contribution is 2.40. The summed E-state index contributed by atoms with van der Waals surface area (Å²) >= 11 is 0. The van der Waals surface area contributed by atoms with Crippen molar-refractivity contribution in [2.24, 2.45) is 5.92 Å². The van der Waals surface area contributed by atoms with Crippen molar-refractivity contribution in [2.45, 2.75) is 33.2 Å². The topological polar surface area (TPSA) is 107 Å². The molecule has 0 saturated carbocycles. The van der Waals surface area contributed by atoms with Crippen molar-refractivity contribution in [1.82, 2.24) is 25.1 Å². The number of anilines is 4. The Hall–Kier alpha value is -3.53. The van der Waals surface area contributed by atoms with Gasteiger partial charge in [0.1, 0.15) is 11.6 Å². The molecule has 0 atom stereocenters. The molecule has 1 aliphatic heterocycles. The maximum absolute atomic E-state index is 5.44. The predicted octanol–water partition coefficient (Wildman–Crippen LogP) is 3.80. The van der Waals surface area contributed by atoms with Gasteiger partial charge in [0.25, 0.3) is 0 Å². The lowest BCUT2D eigenvalue weighted by Crippen LogP contribution is -2.30. The van der Waals surface area contributed by atoms with E-state index in [0.29, 0.717) is 34.9 Å². The second kappa shape index (κ2) is 10.6. The van der Waals surface area contributed by atoms with Crippen molar-refractivity contribution in [1.29, 1.82) is 0 Å². The molecular formula is C24H33N7O3. The molecule has 3 heterocycles. The van der Waals surface area contributed by atoms with E-state index in [4.69, 9.17) is 19.3 Å². The van der Waals surface area contributed by atoms with Crippen LogP contribution >= 0.6 is 0 Å². The van der Waals surface area contributed by atoms with E-state index in [0.717, 1.165) is 55.2 Å². The van der Waals surface area contributed by atoms with E-state index in [1.165, 1.54) is 0 Å². The van der Waals surface area contributed by atoms with E-state index in [9.17, 15) is 0 Å². The van der Waals surface area contributed by atoms with Crippen LogP contribution in [-0.4, -0.2) is 54.2 Å². The molecule has 1 saturated heterocycles. The van der Waals surface area contributed by atoms with Gasteiger partial charge in [-0.25, -0.2) is 9.67 Å². The number of nitrogens with one attached hydrogen (secondary N) is 3. The molecule has 2 aromatic heterocycles. The summed E-state index contributed by atoms with van der Waals surface area (Å²) in [6, 6.07) is 5.47. The molecule has 1 fully saturated rings. The molecule has 10 heteroatoms. The Morgan fingerprint density at radius 3 is 2.38 bits per heavy atom. The van der Waals surface area contributed by atoms with Crippen LogP contribution in [0.1, 0.15) is 24.1 Å². The number of benzene rings is 1. The van der Waals surface area contributed by atoms with E-state index < -0.39 is 0 Å². The van der Waals surface area contributed by atoms with E-state index in [1.54, 1.807) is 27.5 Å². The molecule has 0 bridgehead atoms. The molecule has 3 aromatic rings. The van der Waals surface area contributed by atoms with Gasteiger partial charge in [0.15, 0.2) is 11.5 Å². The molecule has 0 radical (unpaired) electrons. The minimum absolute atomic E-state index is 0.443. The smallest absolute Gasteiger partial charge is 0.229 e. The zero-order valence-corrected chi connectivity index (χ0v) is 20.4. The van der Waals surface area contributed by atoms with Crippen LogP contribution in [0, 0.1) is 19.8 Å². The Morgan fingerprint density at radius 1 is 1.03 bits per heavy atom. The number of aromatic nitrogens is 4.